The van der Waals surface area contributed by atoms with E-state index in [0.717, 1.165) is 31.2 Å². The molecule has 0 N–H and O–H groups in total. The first kappa shape index (κ1) is 17.1. The lowest BCUT2D eigenvalue weighted by Gasteiger charge is -2.06. The van der Waals surface area contributed by atoms with Crippen molar-refractivity contribution in [1.82, 2.24) is 0 Å². The largest absolute Gasteiger partial charge is 0.423 e. The molecule has 0 aliphatic rings. The molecule has 0 unspecified atom stereocenters. The maximum Gasteiger partial charge on any atom is 0.343 e. The molecule has 0 aliphatic carbocycles. The fourth-order valence-corrected chi connectivity index (χ4v) is 2.14. The van der Waals surface area contributed by atoms with Crippen molar-refractivity contribution in [3.63, 3.8) is 0 Å². The Bertz CT molecular complexity index is 658. The van der Waals surface area contributed by atoms with E-state index in [2.05, 4.69) is 6.92 Å². The van der Waals surface area contributed by atoms with Gasteiger partial charge in [-0.2, -0.15) is 0 Å². The Labute approximate surface area is 132 Å². The molecule has 0 amide bonds. The van der Waals surface area contributed by atoms with Gasteiger partial charge in [0, 0.05) is 12.1 Å². The molecular weight excluding hydrogens is 305 g/mol. The molecule has 0 aliphatic heterocycles. The highest BCUT2D eigenvalue weighted by molar-refractivity contribution is 5.91. The van der Waals surface area contributed by atoms with Crippen LogP contribution in [-0.4, -0.2) is 5.97 Å². The lowest BCUT2D eigenvalue weighted by molar-refractivity contribution is 0.0733. The summed E-state index contributed by atoms with van der Waals surface area (Å²) in [5.41, 5.74) is 1.36. The number of rotatable bonds is 6. The van der Waals surface area contributed by atoms with Crippen LogP contribution in [0.1, 0.15) is 42.1 Å². The van der Waals surface area contributed by atoms with Gasteiger partial charge in [0.15, 0.2) is 17.5 Å². The van der Waals surface area contributed by atoms with Gasteiger partial charge in [-0.1, -0.05) is 31.9 Å². The van der Waals surface area contributed by atoms with Gasteiger partial charge < -0.3 is 4.74 Å². The number of unbranched alkanes of at least 4 members (excludes halogenated alkanes) is 2. The van der Waals surface area contributed by atoms with Gasteiger partial charge in [-0.05, 0) is 30.5 Å². The van der Waals surface area contributed by atoms with Crippen LogP contribution < -0.4 is 4.74 Å². The molecule has 5 heteroatoms. The highest BCUT2D eigenvalue weighted by atomic mass is 19.2. The van der Waals surface area contributed by atoms with Gasteiger partial charge in [0.1, 0.15) is 5.75 Å². The first-order valence-corrected chi connectivity index (χ1v) is 7.47. The minimum atomic E-state index is -1.60. The third-order valence-electron chi connectivity index (χ3n) is 3.43. The summed E-state index contributed by atoms with van der Waals surface area (Å²) in [7, 11) is 0. The van der Waals surface area contributed by atoms with E-state index in [-0.39, 0.29) is 11.3 Å². The van der Waals surface area contributed by atoms with E-state index >= 15 is 0 Å². The Morgan fingerprint density at radius 3 is 2.17 bits per heavy atom. The molecule has 0 saturated carbocycles. The second kappa shape index (κ2) is 7.81. The van der Waals surface area contributed by atoms with Crippen molar-refractivity contribution in [2.45, 2.75) is 32.6 Å². The van der Waals surface area contributed by atoms with Gasteiger partial charge >= 0.3 is 5.97 Å². The molecule has 2 rings (SSSR count). The quantitative estimate of drug-likeness (QED) is 0.322. The van der Waals surface area contributed by atoms with E-state index in [9.17, 15) is 18.0 Å². The van der Waals surface area contributed by atoms with Crippen molar-refractivity contribution in [1.29, 1.82) is 0 Å². The van der Waals surface area contributed by atoms with Crippen LogP contribution in [0.25, 0.3) is 0 Å². The predicted molar refractivity (Wildman–Crippen MR) is 80.9 cm³/mol. The number of hydrogen-bond donors (Lipinski definition) is 0. The van der Waals surface area contributed by atoms with Crippen molar-refractivity contribution < 1.29 is 22.7 Å². The topological polar surface area (TPSA) is 26.3 Å². The second-order valence-corrected chi connectivity index (χ2v) is 5.24. The summed E-state index contributed by atoms with van der Waals surface area (Å²) >= 11 is 0. The normalized spacial score (nSPS) is 10.6. The highest BCUT2D eigenvalue weighted by Crippen LogP contribution is 2.20. The summed E-state index contributed by atoms with van der Waals surface area (Å²) in [5, 5.41) is 0. The lowest BCUT2D eigenvalue weighted by Crippen LogP contribution is -2.09. The molecule has 0 aromatic heterocycles. The molecular formula is C18H17F3O2. The minimum absolute atomic E-state index is 0.259. The van der Waals surface area contributed by atoms with Crippen LogP contribution in [0.15, 0.2) is 36.4 Å². The van der Waals surface area contributed by atoms with Crippen LogP contribution >= 0.6 is 0 Å². The molecule has 23 heavy (non-hydrogen) atoms. The van der Waals surface area contributed by atoms with Gasteiger partial charge in [0.2, 0.25) is 0 Å². The second-order valence-electron chi connectivity index (χ2n) is 5.24. The number of carbonyl (C=O) groups excluding carboxylic acids is 1. The highest BCUT2D eigenvalue weighted by Gasteiger charge is 2.14. The van der Waals surface area contributed by atoms with E-state index in [0.29, 0.717) is 12.1 Å². The molecule has 2 aromatic carbocycles. The summed E-state index contributed by atoms with van der Waals surface area (Å²) in [6.45, 7) is 2.13. The fraction of sp³-hybridized carbons (Fsp3) is 0.278. The maximum atomic E-state index is 13.1. The first-order valence-electron chi connectivity index (χ1n) is 7.47. The molecule has 0 radical (unpaired) electrons. The Balaban J connectivity index is 2.03. The average molecular weight is 322 g/mol. The van der Waals surface area contributed by atoms with Gasteiger partial charge in [-0.25, -0.2) is 18.0 Å². The van der Waals surface area contributed by atoms with E-state index in [1.165, 1.54) is 0 Å². The Morgan fingerprint density at radius 1 is 1.00 bits per heavy atom. The van der Waals surface area contributed by atoms with Crippen molar-refractivity contribution in [3.8, 4) is 5.75 Å². The number of benzene rings is 2. The fourth-order valence-electron chi connectivity index (χ4n) is 2.14. The van der Waals surface area contributed by atoms with Crippen molar-refractivity contribution >= 4 is 5.97 Å². The average Bonchev–Trinajstić information content (AvgIpc) is 2.53. The van der Waals surface area contributed by atoms with Crippen LogP contribution in [0, 0.1) is 17.5 Å². The SMILES string of the molecule is CCCCCc1ccc(C(=O)Oc2cc(F)c(F)c(F)c2)cc1. The van der Waals surface area contributed by atoms with Crippen molar-refractivity contribution in [3.05, 3.63) is 65.0 Å². The zero-order valence-electron chi connectivity index (χ0n) is 12.7. The van der Waals surface area contributed by atoms with Gasteiger partial charge in [0.05, 0.1) is 5.56 Å². The third kappa shape index (κ3) is 4.58. The summed E-state index contributed by atoms with van der Waals surface area (Å²) in [4.78, 5) is 11.9. The third-order valence-corrected chi connectivity index (χ3v) is 3.43. The van der Waals surface area contributed by atoms with Crippen LogP contribution in [-0.2, 0) is 6.42 Å². The zero-order valence-corrected chi connectivity index (χ0v) is 12.7. The number of ether oxygens (including phenoxy) is 1. The minimum Gasteiger partial charge on any atom is -0.423 e. The number of hydrogen-bond acceptors (Lipinski definition) is 2. The van der Waals surface area contributed by atoms with E-state index < -0.39 is 23.4 Å². The van der Waals surface area contributed by atoms with Gasteiger partial charge in [0.25, 0.3) is 0 Å². The maximum absolute atomic E-state index is 13.1. The summed E-state index contributed by atoms with van der Waals surface area (Å²) in [6, 6.07) is 8.10. The molecule has 0 fully saturated rings. The number of halogens is 3. The van der Waals surface area contributed by atoms with Crippen LogP contribution in [0.3, 0.4) is 0 Å². The first-order chi connectivity index (χ1) is 11.0. The molecule has 0 atom stereocenters. The Morgan fingerprint density at radius 2 is 1.61 bits per heavy atom. The van der Waals surface area contributed by atoms with Crippen LogP contribution in [0.4, 0.5) is 13.2 Å². The van der Waals surface area contributed by atoms with E-state index in [1.807, 2.05) is 12.1 Å². The van der Waals surface area contributed by atoms with E-state index in [1.54, 1.807) is 12.1 Å². The van der Waals surface area contributed by atoms with Gasteiger partial charge in [-0.15, -0.1) is 0 Å². The smallest absolute Gasteiger partial charge is 0.343 e. The molecule has 0 saturated heterocycles. The zero-order chi connectivity index (χ0) is 16.8. The summed E-state index contributed by atoms with van der Waals surface area (Å²) in [6.07, 6.45) is 4.28. The number of esters is 1. The van der Waals surface area contributed by atoms with E-state index in [4.69, 9.17) is 4.74 Å². The van der Waals surface area contributed by atoms with Crippen molar-refractivity contribution in [2.24, 2.45) is 0 Å². The van der Waals surface area contributed by atoms with Gasteiger partial charge in [-0.3, -0.25) is 0 Å². The van der Waals surface area contributed by atoms with Crippen LogP contribution in [0.5, 0.6) is 5.75 Å². The lowest BCUT2D eigenvalue weighted by atomic mass is 10.1. The Hall–Kier alpha value is -2.30. The summed E-state index contributed by atoms with van der Waals surface area (Å²) < 4.78 is 43.9. The monoisotopic (exact) mass is 322 g/mol. The molecule has 0 heterocycles. The predicted octanol–water partition coefficient (Wildman–Crippen LogP) is 5.06. The number of aryl methyl sites for hydroxylation is 1. The summed E-state index contributed by atoms with van der Waals surface area (Å²) in [5.74, 6) is -5.53. The molecule has 2 nitrogen and oxygen atoms in total. The molecule has 122 valence electrons. The van der Waals surface area contributed by atoms with Crippen molar-refractivity contribution in [2.75, 3.05) is 0 Å². The molecule has 0 bridgehead atoms. The number of carbonyl (C=O) groups is 1. The van der Waals surface area contributed by atoms with Crippen LogP contribution in [0.2, 0.25) is 0 Å². The Kier molecular flexibility index (Phi) is 5.79. The molecule has 0 spiro atoms. The molecule has 2 aromatic rings. The standard InChI is InChI=1S/C18H17F3O2/c1-2-3-4-5-12-6-8-13(9-7-12)18(22)23-14-10-15(19)17(21)16(20)11-14/h6-11H,2-5H2,1H3.